The lowest BCUT2D eigenvalue weighted by Crippen LogP contribution is -2.33. The minimum atomic E-state index is 0.237. The minimum absolute atomic E-state index is 0.237. The van der Waals surface area contributed by atoms with E-state index in [9.17, 15) is 4.79 Å². The molecule has 1 amide bonds. The van der Waals surface area contributed by atoms with Crippen molar-refractivity contribution >= 4 is 5.91 Å². The van der Waals surface area contributed by atoms with Gasteiger partial charge < -0.3 is 5.32 Å². The first kappa shape index (κ1) is 10.7. The molecule has 2 atom stereocenters. The predicted molar refractivity (Wildman–Crippen MR) is 61.4 cm³/mol. The molecule has 2 aliphatic rings. The van der Waals surface area contributed by atoms with Crippen LogP contribution >= 0.6 is 0 Å². The van der Waals surface area contributed by atoms with Gasteiger partial charge in [0.05, 0.1) is 0 Å². The van der Waals surface area contributed by atoms with Crippen molar-refractivity contribution < 1.29 is 4.79 Å². The van der Waals surface area contributed by atoms with Crippen LogP contribution in [-0.4, -0.2) is 12.5 Å². The number of rotatable bonds is 3. The monoisotopic (exact) mass is 207 g/mol. The predicted octanol–water partition coefficient (Wildman–Crippen LogP) is 2.65. The Morgan fingerprint density at radius 1 is 1.67 bits per heavy atom. The molecule has 2 bridgehead atoms. The van der Waals surface area contributed by atoms with Gasteiger partial charge in [0.25, 0.3) is 0 Å². The molecule has 0 aromatic rings. The van der Waals surface area contributed by atoms with E-state index in [1.165, 1.54) is 19.3 Å². The Morgan fingerprint density at radius 3 is 3.20 bits per heavy atom. The number of carbonyl (C=O) groups excluding carboxylic acids is 1. The molecule has 0 radical (unpaired) electrons. The van der Waals surface area contributed by atoms with Gasteiger partial charge in [-0.1, -0.05) is 18.6 Å². The molecule has 0 saturated heterocycles. The number of allylic oxidation sites excluding steroid dienone is 2. The van der Waals surface area contributed by atoms with Crippen LogP contribution in [0.3, 0.4) is 0 Å². The molecule has 15 heavy (non-hydrogen) atoms. The quantitative estimate of drug-likeness (QED) is 0.708. The van der Waals surface area contributed by atoms with Gasteiger partial charge in [-0.25, -0.2) is 0 Å². The van der Waals surface area contributed by atoms with E-state index in [-0.39, 0.29) is 11.3 Å². The first-order valence-electron chi connectivity index (χ1n) is 6.08. The molecule has 0 heterocycles. The Morgan fingerprint density at radius 2 is 2.47 bits per heavy atom. The molecule has 1 saturated carbocycles. The number of hydrogen-bond donors (Lipinski definition) is 1. The summed E-state index contributed by atoms with van der Waals surface area (Å²) in [6.07, 6.45) is 7.90. The van der Waals surface area contributed by atoms with Crippen molar-refractivity contribution in [2.75, 3.05) is 6.54 Å². The fraction of sp³-hybridized carbons (Fsp3) is 0.769. The smallest absolute Gasteiger partial charge is 0.220 e. The molecule has 2 heteroatoms. The van der Waals surface area contributed by atoms with Crippen molar-refractivity contribution in [3.63, 3.8) is 0 Å². The third-order valence-corrected chi connectivity index (χ3v) is 3.73. The van der Waals surface area contributed by atoms with Crippen LogP contribution in [0.4, 0.5) is 0 Å². The molecule has 0 aromatic heterocycles. The average molecular weight is 207 g/mol. The summed E-state index contributed by atoms with van der Waals surface area (Å²) >= 11 is 0. The maximum Gasteiger partial charge on any atom is 0.220 e. The largest absolute Gasteiger partial charge is 0.356 e. The molecule has 2 aliphatic carbocycles. The third-order valence-electron chi connectivity index (χ3n) is 3.73. The molecule has 0 aromatic carbocycles. The summed E-state index contributed by atoms with van der Waals surface area (Å²) in [4.78, 5) is 11.7. The minimum Gasteiger partial charge on any atom is -0.356 e. The van der Waals surface area contributed by atoms with E-state index >= 15 is 0 Å². The highest BCUT2D eigenvalue weighted by atomic mass is 16.1. The second-order valence-corrected chi connectivity index (χ2v) is 5.39. The van der Waals surface area contributed by atoms with Crippen LogP contribution < -0.4 is 5.32 Å². The van der Waals surface area contributed by atoms with E-state index in [2.05, 4.69) is 18.3 Å². The van der Waals surface area contributed by atoms with Crippen LogP contribution in [-0.2, 0) is 4.79 Å². The summed E-state index contributed by atoms with van der Waals surface area (Å²) < 4.78 is 0. The lowest BCUT2D eigenvalue weighted by atomic mass is 9.69. The summed E-state index contributed by atoms with van der Waals surface area (Å²) in [5, 5.41) is 2.92. The van der Waals surface area contributed by atoms with Gasteiger partial charge in [-0.3, -0.25) is 4.79 Å². The van der Waals surface area contributed by atoms with Crippen molar-refractivity contribution in [1.29, 1.82) is 0 Å². The zero-order valence-corrected chi connectivity index (χ0v) is 9.81. The Bertz CT molecular complexity index is 295. The van der Waals surface area contributed by atoms with Crippen molar-refractivity contribution in [3.8, 4) is 0 Å². The number of hydrogen-bond acceptors (Lipinski definition) is 1. The highest BCUT2D eigenvalue weighted by Crippen LogP contribution is 2.51. The Kier molecular flexibility index (Phi) is 2.85. The zero-order chi connectivity index (χ0) is 10.9. The second-order valence-electron chi connectivity index (χ2n) is 5.39. The van der Waals surface area contributed by atoms with Crippen molar-refractivity contribution in [1.82, 2.24) is 5.32 Å². The SMILES string of the molecule is CCNC(=O)CC12CC=C(CC(C)C1)C2. The van der Waals surface area contributed by atoms with Crippen LogP contribution in [0.25, 0.3) is 0 Å². The molecular formula is C13H21NO. The molecule has 84 valence electrons. The van der Waals surface area contributed by atoms with Crippen LogP contribution in [0, 0.1) is 11.3 Å². The third kappa shape index (κ3) is 2.24. The number of carbonyl (C=O) groups is 1. The molecule has 0 aliphatic heterocycles. The van der Waals surface area contributed by atoms with E-state index in [0.717, 1.165) is 25.3 Å². The second kappa shape index (κ2) is 3.99. The average Bonchev–Trinajstić information content (AvgIpc) is 2.41. The molecule has 2 nitrogen and oxygen atoms in total. The highest BCUT2D eigenvalue weighted by Gasteiger charge is 2.41. The van der Waals surface area contributed by atoms with E-state index in [1.807, 2.05) is 6.92 Å². The fourth-order valence-electron chi connectivity index (χ4n) is 3.36. The summed E-state index contributed by atoms with van der Waals surface area (Å²) in [6.45, 7) is 5.05. The van der Waals surface area contributed by atoms with Gasteiger partial charge in [-0.05, 0) is 43.9 Å². The van der Waals surface area contributed by atoms with Crippen LogP contribution in [0.2, 0.25) is 0 Å². The normalized spacial score (nSPS) is 33.7. The molecule has 0 spiro atoms. The van der Waals surface area contributed by atoms with Gasteiger partial charge in [0.15, 0.2) is 0 Å². The van der Waals surface area contributed by atoms with Crippen molar-refractivity contribution in [2.45, 2.75) is 46.0 Å². The van der Waals surface area contributed by atoms with Gasteiger partial charge in [0.1, 0.15) is 0 Å². The standard InChI is InChI=1S/C13H21NO/c1-3-14-12(15)9-13-5-4-11(8-13)6-10(2)7-13/h4,10H,3,5-9H2,1-2H3,(H,14,15). The maximum atomic E-state index is 11.7. The van der Waals surface area contributed by atoms with Gasteiger partial charge in [0.2, 0.25) is 5.91 Å². The van der Waals surface area contributed by atoms with Gasteiger partial charge >= 0.3 is 0 Å². The summed E-state index contributed by atoms with van der Waals surface area (Å²) in [6, 6.07) is 0. The maximum absolute atomic E-state index is 11.7. The zero-order valence-electron chi connectivity index (χ0n) is 9.81. The van der Waals surface area contributed by atoms with E-state index < -0.39 is 0 Å². The number of amides is 1. The first-order valence-corrected chi connectivity index (χ1v) is 6.08. The molecule has 1 fully saturated rings. The molecule has 2 rings (SSSR count). The fourth-order valence-corrected chi connectivity index (χ4v) is 3.36. The van der Waals surface area contributed by atoms with Crippen LogP contribution in [0.1, 0.15) is 46.0 Å². The van der Waals surface area contributed by atoms with Crippen LogP contribution in [0.15, 0.2) is 11.6 Å². The van der Waals surface area contributed by atoms with Crippen molar-refractivity contribution in [2.24, 2.45) is 11.3 Å². The van der Waals surface area contributed by atoms with Gasteiger partial charge in [0, 0.05) is 13.0 Å². The topological polar surface area (TPSA) is 29.1 Å². The van der Waals surface area contributed by atoms with Gasteiger partial charge in [-0.15, -0.1) is 0 Å². The lowest BCUT2D eigenvalue weighted by molar-refractivity contribution is -0.123. The Hall–Kier alpha value is -0.790. The van der Waals surface area contributed by atoms with E-state index in [4.69, 9.17) is 0 Å². The molecular weight excluding hydrogens is 186 g/mol. The summed E-state index contributed by atoms with van der Waals surface area (Å²) in [5.74, 6) is 1.00. The Balaban J connectivity index is 1.99. The van der Waals surface area contributed by atoms with E-state index in [1.54, 1.807) is 5.57 Å². The molecule has 2 unspecified atom stereocenters. The number of nitrogens with one attached hydrogen (secondary N) is 1. The van der Waals surface area contributed by atoms with Gasteiger partial charge in [-0.2, -0.15) is 0 Å². The summed E-state index contributed by atoms with van der Waals surface area (Å²) in [7, 11) is 0. The van der Waals surface area contributed by atoms with Crippen molar-refractivity contribution in [3.05, 3.63) is 11.6 Å². The molecule has 1 N–H and O–H groups in total. The first-order chi connectivity index (χ1) is 7.13. The van der Waals surface area contributed by atoms with Crippen LogP contribution in [0.5, 0.6) is 0 Å². The van der Waals surface area contributed by atoms with E-state index in [0.29, 0.717) is 0 Å². The lowest BCUT2D eigenvalue weighted by Gasteiger charge is -2.35. The number of fused-ring (bicyclic) bond motifs is 2. The summed E-state index contributed by atoms with van der Waals surface area (Å²) in [5.41, 5.74) is 1.88. The highest BCUT2D eigenvalue weighted by molar-refractivity contribution is 5.76. The Labute approximate surface area is 92.1 Å².